The molecule has 2 aliphatic rings. The Kier molecular flexibility index (Phi) is 2.83. The van der Waals surface area contributed by atoms with Crippen LogP contribution in [-0.4, -0.2) is 58.2 Å². The molecule has 1 atom stereocenters. The van der Waals surface area contributed by atoms with Crippen molar-refractivity contribution in [2.45, 2.75) is 12.5 Å². The van der Waals surface area contributed by atoms with Gasteiger partial charge in [-0.25, -0.2) is 14.8 Å². The number of fused-ring (bicyclic) bond motifs is 1. The Morgan fingerprint density at radius 1 is 1.29 bits per heavy atom. The van der Waals surface area contributed by atoms with Gasteiger partial charge in [0.25, 0.3) is 0 Å². The monoisotopic (exact) mass is 285 g/mol. The van der Waals surface area contributed by atoms with Crippen LogP contribution in [0.15, 0.2) is 24.8 Å². The number of carbonyl (C=O) groups excluding carboxylic acids is 1. The SMILES string of the molecule is O=C1OCCN1C1CCN(c2ncnc3cnccc23)C1. The van der Waals surface area contributed by atoms with E-state index in [2.05, 4.69) is 19.9 Å². The Balaban J connectivity index is 1.61. The molecule has 2 aliphatic heterocycles. The van der Waals surface area contributed by atoms with E-state index in [1.54, 1.807) is 18.7 Å². The molecule has 0 N–H and O–H groups in total. The number of amides is 1. The van der Waals surface area contributed by atoms with Gasteiger partial charge in [-0.05, 0) is 12.5 Å². The molecule has 0 aliphatic carbocycles. The Labute approximate surface area is 121 Å². The highest BCUT2D eigenvalue weighted by atomic mass is 16.6. The van der Waals surface area contributed by atoms with E-state index in [-0.39, 0.29) is 12.1 Å². The molecule has 1 unspecified atom stereocenters. The van der Waals surface area contributed by atoms with Gasteiger partial charge in [-0.1, -0.05) is 0 Å². The summed E-state index contributed by atoms with van der Waals surface area (Å²) in [5.74, 6) is 0.914. The van der Waals surface area contributed by atoms with Crippen LogP contribution in [0.4, 0.5) is 10.6 Å². The number of rotatable bonds is 2. The van der Waals surface area contributed by atoms with Gasteiger partial charge in [0.1, 0.15) is 18.8 Å². The Morgan fingerprint density at radius 3 is 3.10 bits per heavy atom. The number of pyridine rings is 1. The molecule has 4 rings (SSSR count). The maximum Gasteiger partial charge on any atom is 0.410 e. The summed E-state index contributed by atoms with van der Waals surface area (Å²) in [6, 6.07) is 2.13. The van der Waals surface area contributed by atoms with Crippen molar-refractivity contribution in [1.82, 2.24) is 19.9 Å². The molecule has 0 radical (unpaired) electrons. The largest absolute Gasteiger partial charge is 0.448 e. The summed E-state index contributed by atoms with van der Waals surface area (Å²) in [4.78, 5) is 28.4. The molecule has 0 bridgehead atoms. The molecule has 7 heteroatoms. The van der Waals surface area contributed by atoms with Crippen molar-refractivity contribution in [3.8, 4) is 0 Å². The first-order valence-corrected chi connectivity index (χ1v) is 7.06. The van der Waals surface area contributed by atoms with Crippen LogP contribution in [-0.2, 0) is 4.74 Å². The van der Waals surface area contributed by atoms with Gasteiger partial charge in [-0.3, -0.25) is 9.88 Å². The third-order valence-corrected chi connectivity index (χ3v) is 4.11. The fourth-order valence-electron chi connectivity index (χ4n) is 3.07. The van der Waals surface area contributed by atoms with Crippen LogP contribution in [0.25, 0.3) is 10.9 Å². The molecule has 2 aromatic rings. The zero-order valence-electron chi connectivity index (χ0n) is 11.5. The number of hydrogen-bond donors (Lipinski definition) is 0. The second-order valence-corrected chi connectivity index (χ2v) is 5.29. The first-order valence-electron chi connectivity index (χ1n) is 7.06. The minimum atomic E-state index is -0.196. The van der Waals surface area contributed by atoms with Crippen LogP contribution in [0.5, 0.6) is 0 Å². The minimum Gasteiger partial charge on any atom is -0.448 e. The van der Waals surface area contributed by atoms with Crippen molar-refractivity contribution in [2.24, 2.45) is 0 Å². The van der Waals surface area contributed by atoms with Gasteiger partial charge >= 0.3 is 6.09 Å². The number of ether oxygens (including phenoxy) is 1. The van der Waals surface area contributed by atoms with Crippen LogP contribution in [0.1, 0.15) is 6.42 Å². The van der Waals surface area contributed by atoms with Gasteiger partial charge in [0, 0.05) is 24.7 Å². The fourth-order valence-corrected chi connectivity index (χ4v) is 3.07. The van der Waals surface area contributed by atoms with Gasteiger partial charge in [0.15, 0.2) is 0 Å². The van der Waals surface area contributed by atoms with Crippen LogP contribution in [0.2, 0.25) is 0 Å². The van der Waals surface area contributed by atoms with Gasteiger partial charge in [0.2, 0.25) is 0 Å². The zero-order chi connectivity index (χ0) is 14.2. The molecule has 2 saturated heterocycles. The molecule has 108 valence electrons. The minimum absolute atomic E-state index is 0.196. The quantitative estimate of drug-likeness (QED) is 0.821. The third kappa shape index (κ3) is 2.05. The van der Waals surface area contributed by atoms with Crippen molar-refractivity contribution in [3.63, 3.8) is 0 Å². The van der Waals surface area contributed by atoms with Crippen molar-refractivity contribution in [2.75, 3.05) is 31.1 Å². The number of cyclic esters (lactones) is 1. The summed E-state index contributed by atoms with van der Waals surface area (Å²) in [5, 5.41) is 0.997. The van der Waals surface area contributed by atoms with Gasteiger partial charge in [-0.15, -0.1) is 0 Å². The van der Waals surface area contributed by atoms with E-state index in [0.717, 1.165) is 36.2 Å². The zero-order valence-corrected chi connectivity index (χ0v) is 11.5. The van der Waals surface area contributed by atoms with Crippen LogP contribution < -0.4 is 4.90 Å². The maximum atomic E-state index is 11.7. The van der Waals surface area contributed by atoms with E-state index < -0.39 is 0 Å². The maximum absolute atomic E-state index is 11.7. The first-order chi connectivity index (χ1) is 10.3. The third-order valence-electron chi connectivity index (χ3n) is 4.11. The molecule has 21 heavy (non-hydrogen) atoms. The van der Waals surface area contributed by atoms with Crippen molar-refractivity contribution < 1.29 is 9.53 Å². The van der Waals surface area contributed by atoms with Crippen LogP contribution in [0.3, 0.4) is 0 Å². The molecule has 2 fully saturated rings. The summed E-state index contributed by atoms with van der Waals surface area (Å²) < 4.78 is 5.02. The molecule has 7 nitrogen and oxygen atoms in total. The number of carbonyl (C=O) groups is 1. The lowest BCUT2D eigenvalue weighted by Gasteiger charge is -2.22. The first kappa shape index (κ1) is 12.3. The molecule has 2 aromatic heterocycles. The van der Waals surface area contributed by atoms with Crippen molar-refractivity contribution in [1.29, 1.82) is 0 Å². The highest BCUT2D eigenvalue weighted by molar-refractivity contribution is 5.88. The van der Waals surface area contributed by atoms with Gasteiger partial charge in [-0.2, -0.15) is 0 Å². The summed E-state index contributed by atoms with van der Waals surface area (Å²) >= 11 is 0. The van der Waals surface area contributed by atoms with Crippen molar-refractivity contribution >= 4 is 22.8 Å². The van der Waals surface area contributed by atoms with E-state index in [1.807, 2.05) is 11.0 Å². The van der Waals surface area contributed by atoms with Gasteiger partial charge in [0.05, 0.1) is 24.3 Å². The molecule has 1 amide bonds. The summed E-state index contributed by atoms with van der Waals surface area (Å²) in [5.41, 5.74) is 0.839. The highest BCUT2D eigenvalue weighted by Gasteiger charge is 2.35. The van der Waals surface area contributed by atoms with E-state index in [4.69, 9.17) is 4.74 Å². The van der Waals surface area contributed by atoms with E-state index >= 15 is 0 Å². The normalized spacial score (nSPS) is 22.1. The van der Waals surface area contributed by atoms with Crippen molar-refractivity contribution in [3.05, 3.63) is 24.8 Å². The highest BCUT2D eigenvalue weighted by Crippen LogP contribution is 2.27. The lowest BCUT2D eigenvalue weighted by molar-refractivity contribution is 0.150. The predicted molar refractivity (Wildman–Crippen MR) is 76.0 cm³/mol. The van der Waals surface area contributed by atoms with Crippen LogP contribution >= 0.6 is 0 Å². The Hall–Kier alpha value is -2.44. The Bertz CT molecular complexity index is 687. The second kappa shape index (κ2) is 4.83. The average Bonchev–Trinajstić information content (AvgIpc) is 3.15. The summed E-state index contributed by atoms with van der Waals surface area (Å²) in [7, 11) is 0. The fraction of sp³-hybridized carbons (Fsp3) is 0.429. The molecule has 0 spiro atoms. The molecule has 0 saturated carbocycles. The predicted octanol–water partition coefficient (Wildman–Crippen LogP) is 1.06. The molecular weight excluding hydrogens is 270 g/mol. The van der Waals surface area contributed by atoms with Gasteiger partial charge < -0.3 is 9.64 Å². The lowest BCUT2D eigenvalue weighted by Crippen LogP contribution is -2.38. The lowest BCUT2D eigenvalue weighted by atomic mass is 10.2. The summed E-state index contributed by atoms with van der Waals surface area (Å²) in [6.07, 6.45) is 5.80. The number of aromatic nitrogens is 3. The second-order valence-electron chi connectivity index (χ2n) is 5.29. The summed E-state index contributed by atoms with van der Waals surface area (Å²) in [6.45, 7) is 2.84. The molecule has 4 heterocycles. The number of hydrogen-bond acceptors (Lipinski definition) is 6. The smallest absolute Gasteiger partial charge is 0.410 e. The van der Waals surface area contributed by atoms with E-state index in [9.17, 15) is 4.79 Å². The molecular formula is C14H15N5O2. The van der Waals surface area contributed by atoms with Crippen LogP contribution in [0, 0.1) is 0 Å². The van der Waals surface area contributed by atoms with E-state index in [1.165, 1.54) is 0 Å². The Morgan fingerprint density at radius 2 is 2.24 bits per heavy atom. The standard InChI is InChI=1S/C14H15N5O2/c20-14-19(5-6-21-14)10-2-4-18(8-10)13-11-1-3-15-7-12(11)16-9-17-13/h1,3,7,9-10H,2,4-6,8H2. The average molecular weight is 285 g/mol. The topological polar surface area (TPSA) is 71.5 Å². The van der Waals surface area contributed by atoms with E-state index in [0.29, 0.717) is 13.2 Å². The molecule has 0 aromatic carbocycles. The number of nitrogens with zero attached hydrogens (tertiary/aromatic N) is 5. The number of anilines is 1.